The molecule has 3 N–H and O–H groups in total. The van der Waals surface area contributed by atoms with Crippen molar-refractivity contribution in [2.75, 3.05) is 18.9 Å². The summed E-state index contributed by atoms with van der Waals surface area (Å²) in [5.74, 6) is 1.26. The van der Waals surface area contributed by atoms with Gasteiger partial charge in [-0.1, -0.05) is 0 Å². The topological polar surface area (TPSA) is 64.7 Å². The molecule has 0 aliphatic carbocycles. The molecule has 0 unspecified atom stereocenters. The minimum Gasteiger partial charge on any atom is -0.491 e. The largest absolute Gasteiger partial charge is 0.491 e. The van der Waals surface area contributed by atoms with Gasteiger partial charge in [-0.25, -0.2) is 0 Å². The predicted molar refractivity (Wildman–Crippen MR) is 59.2 cm³/mol. The Morgan fingerprint density at radius 2 is 2.13 bits per heavy atom. The van der Waals surface area contributed by atoms with Crippen LogP contribution in [0.15, 0.2) is 18.2 Å². The number of ether oxygens (including phenoxy) is 2. The average molecular weight is 211 g/mol. The van der Waals surface area contributed by atoms with Gasteiger partial charge in [-0.3, -0.25) is 0 Å². The summed E-state index contributed by atoms with van der Waals surface area (Å²) < 4.78 is 10.7. The highest BCUT2D eigenvalue weighted by atomic mass is 16.5. The van der Waals surface area contributed by atoms with Gasteiger partial charge in [0.1, 0.15) is 18.1 Å². The zero-order valence-corrected chi connectivity index (χ0v) is 9.06. The lowest BCUT2D eigenvalue weighted by Crippen LogP contribution is -2.08. The lowest BCUT2D eigenvalue weighted by Gasteiger charge is -2.13. The Morgan fingerprint density at radius 1 is 1.40 bits per heavy atom. The van der Waals surface area contributed by atoms with Crippen molar-refractivity contribution in [3.8, 4) is 11.5 Å². The van der Waals surface area contributed by atoms with Crippen LogP contribution in [0.5, 0.6) is 11.5 Å². The predicted octanol–water partition coefficient (Wildman–Crippen LogP) is 1.43. The second kappa shape index (κ2) is 5.46. The number of nitrogens with two attached hydrogens (primary N) is 1. The summed E-state index contributed by atoms with van der Waals surface area (Å²) in [6, 6.07) is 5.20. The molecule has 1 rings (SSSR count). The third-order valence-electron chi connectivity index (χ3n) is 1.71. The van der Waals surface area contributed by atoms with E-state index in [9.17, 15) is 0 Å². The standard InChI is InChI=1S/C11H17NO3/c1-8(2)15-11-7-9(14-6-5-13)3-4-10(11)12/h3-4,7-8,13H,5-6,12H2,1-2H3. The van der Waals surface area contributed by atoms with Crippen molar-refractivity contribution in [2.24, 2.45) is 0 Å². The summed E-state index contributed by atoms with van der Waals surface area (Å²) in [4.78, 5) is 0. The SMILES string of the molecule is CC(C)Oc1cc(OCCO)ccc1N. The van der Waals surface area contributed by atoms with Crippen LogP contribution >= 0.6 is 0 Å². The van der Waals surface area contributed by atoms with Crippen LogP contribution in [-0.4, -0.2) is 24.4 Å². The van der Waals surface area contributed by atoms with Crippen molar-refractivity contribution in [3.05, 3.63) is 18.2 Å². The van der Waals surface area contributed by atoms with Gasteiger partial charge in [-0.15, -0.1) is 0 Å². The first-order valence-corrected chi connectivity index (χ1v) is 4.93. The van der Waals surface area contributed by atoms with Gasteiger partial charge < -0.3 is 20.3 Å². The zero-order valence-electron chi connectivity index (χ0n) is 9.06. The molecule has 0 aliphatic heterocycles. The smallest absolute Gasteiger partial charge is 0.146 e. The van der Waals surface area contributed by atoms with Crippen molar-refractivity contribution in [1.82, 2.24) is 0 Å². The summed E-state index contributed by atoms with van der Waals surface area (Å²) in [5, 5.41) is 8.62. The van der Waals surface area contributed by atoms with Gasteiger partial charge in [0.15, 0.2) is 0 Å². The van der Waals surface area contributed by atoms with Crippen LogP contribution < -0.4 is 15.2 Å². The summed E-state index contributed by atoms with van der Waals surface area (Å²) in [6.07, 6.45) is 0.0698. The van der Waals surface area contributed by atoms with Crippen molar-refractivity contribution >= 4 is 5.69 Å². The fourth-order valence-electron chi connectivity index (χ4n) is 1.12. The number of hydrogen-bond acceptors (Lipinski definition) is 4. The lowest BCUT2D eigenvalue weighted by molar-refractivity contribution is 0.199. The second-order valence-electron chi connectivity index (χ2n) is 3.44. The summed E-state index contributed by atoms with van der Waals surface area (Å²) in [7, 11) is 0. The van der Waals surface area contributed by atoms with Crippen LogP contribution in [-0.2, 0) is 0 Å². The summed E-state index contributed by atoms with van der Waals surface area (Å²) in [6.45, 7) is 4.12. The van der Waals surface area contributed by atoms with E-state index in [0.29, 0.717) is 17.2 Å². The molecule has 0 radical (unpaired) electrons. The fraction of sp³-hybridized carbons (Fsp3) is 0.455. The Bertz CT molecular complexity index is 313. The molecule has 4 nitrogen and oxygen atoms in total. The van der Waals surface area contributed by atoms with Crippen LogP contribution in [0.25, 0.3) is 0 Å². The van der Waals surface area contributed by atoms with Gasteiger partial charge in [0.2, 0.25) is 0 Å². The van der Waals surface area contributed by atoms with Gasteiger partial charge in [0, 0.05) is 6.07 Å². The summed E-state index contributed by atoms with van der Waals surface area (Å²) in [5.41, 5.74) is 6.32. The van der Waals surface area contributed by atoms with Crippen LogP contribution in [0.3, 0.4) is 0 Å². The third-order valence-corrected chi connectivity index (χ3v) is 1.71. The van der Waals surface area contributed by atoms with E-state index >= 15 is 0 Å². The highest BCUT2D eigenvalue weighted by molar-refractivity contribution is 5.55. The molecule has 0 heterocycles. The maximum absolute atomic E-state index is 8.62. The fourth-order valence-corrected chi connectivity index (χ4v) is 1.12. The first-order chi connectivity index (χ1) is 7.13. The van der Waals surface area contributed by atoms with E-state index in [2.05, 4.69) is 0 Å². The van der Waals surface area contributed by atoms with E-state index in [1.165, 1.54) is 0 Å². The van der Waals surface area contributed by atoms with Crippen molar-refractivity contribution in [2.45, 2.75) is 20.0 Å². The highest BCUT2D eigenvalue weighted by Gasteiger charge is 2.04. The minimum absolute atomic E-state index is 0.00918. The van der Waals surface area contributed by atoms with Crippen molar-refractivity contribution in [3.63, 3.8) is 0 Å². The number of benzene rings is 1. The molecule has 1 aromatic carbocycles. The molecule has 0 aromatic heterocycles. The van der Waals surface area contributed by atoms with Crippen LogP contribution in [0.4, 0.5) is 5.69 Å². The van der Waals surface area contributed by atoms with Crippen molar-refractivity contribution < 1.29 is 14.6 Å². The Morgan fingerprint density at radius 3 is 2.73 bits per heavy atom. The molecule has 84 valence electrons. The zero-order chi connectivity index (χ0) is 11.3. The Kier molecular flexibility index (Phi) is 4.24. The van der Waals surface area contributed by atoms with E-state index in [-0.39, 0.29) is 19.3 Å². The Labute approximate surface area is 89.6 Å². The van der Waals surface area contributed by atoms with E-state index in [1.54, 1.807) is 18.2 Å². The van der Waals surface area contributed by atoms with Crippen LogP contribution in [0.2, 0.25) is 0 Å². The minimum atomic E-state index is -0.00918. The maximum atomic E-state index is 8.62. The molecule has 0 bridgehead atoms. The quantitative estimate of drug-likeness (QED) is 0.723. The monoisotopic (exact) mass is 211 g/mol. The molecular weight excluding hydrogens is 194 g/mol. The molecular formula is C11H17NO3. The molecule has 15 heavy (non-hydrogen) atoms. The van der Waals surface area contributed by atoms with E-state index < -0.39 is 0 Å². The van der Waals surface area contributed by atoms with Crippen molar-refractivity contribution in [1.29, 1.82) is 0 Å². The van der Waals surface area contributed by atoms with Crippen LogP contribution in [0, 0.1) is 0 Å². The molecule has 0 saturated heterocycles. The molecule has 0 atom stereocenters. The number of aliphatic hydroxyl groups excluding tert-OH is 1. The molecule has 4 heteroatoms. The Hall–Kier alpha value is -1.42. The average Bonchev–Trinajstić information content (AvgIpc) is 2.18. The van der Waals surface area contributed by atoms with Gasteiger partial charge in [0.25, 0.3) is 0 Å². The molecule has 0 amide bonds. The molecule has 0 saturated carbocycles. The number of hydrogen-bond donors (Lipinski definition) is 2. The first kappa shape index (κ1) is 11.7. The maximum Gasteiger partial charge on any atom is 0.146 e. The Balaban J connectivity index is 2.75. The third kappa shape index (κ3) is 3.67. The molecule has 1 aromatic rings. The number of rotatable bonds is 5. The van der Waals surface area contributed by atoms with E-state index in [4.69, 9.17) is 20.3 Å². The number of nitrogen functional groups attached to an aromatic ring is 1. The number of anilines is 1. The van der Waals surface area contributed by atoms with Gasteiger partial charge in [-0.2, -0.15) is 0 Å². The molecule has 0 fully saturated rings. The van der Waals surface area contributed by atoms with Crippen LogP contribution in [0.1, 0.15) is 13.8 Å². The van der Waals surface area contributed by atoms with E-state index in [1.807, 2.05) is 13.8 Å². The lowest BCUT2D eigenvalue weighted by atomic mass is 10.3. The van der Waals surface area contributed by atoms with Gasteiger partial charge in [0.05, 0.1) is 18.4 Å². The first-order valence-electron chi connectivity index (χ1n) is 4.93. The van der Waals surface area contributed by atoms with Gasteiger partial charge in [-0.05, 0) is 26.0 Å². The summed E-state index contributed by atoms with van der Waals surface area (Å²) >= 11 is 0. The normalized spacial score (nSPS) is 10.4. The molecule has 0 spiro atoms. The second-order valence-corrected chi connectivity index (χ2v) is 3.44. The number of aliphatic hydroxyl groups is 1. The van der Waals surface area contributed by atoms with E-state index in [0.717, 1.165) is 0 Å². The van der Waals surface area contributed by atoms with Gasteiger partial charge >= 0.3 is 0 Å². The molecule has 0 aliphatic rings. The highest BCUT2D eigenvalue weighted by Crippen LogP contribution is 2.27.